The van der Waals surface area contributed by atoms with Crippen molar-refractivity contribution in [3.05, 3.63) is 48.0 Å². The maximum Gasteiger partial charge on any atom is 0 e. The molecule has 1 rings (SSSR count). The first-order valence-electron chi connectivity index (χ1n) is 3.88. The maximum absolute atomic E-state index is 3.57. The molecule has 0 aliphatic carbocycles. The van der Waals surface area contributed by atoms with Gasteiger partial charge in [0.05, 0.1) is 0 Å². The normalized spacial score (nSPS) is 8.08. The minimum Gasteiger partial charge on any atom is -1.00 e. The van der Waals surface area contributed by atoms with Crippen molar-refractivity contribution >= 4 is 0 Å². The average molecular weight is 338 g/mol. The molecule has 0 unspecified atom stereocenters. The van der Waals surface area contributed by atoms with Crippen LogP contribution in [0.3, 0.4) is 0 Å². The van der Waals surface area contributed by atoms with Crippen LogP contribution < -0.4 is 24.0 Å². The zero-order valence-electron chi connectivity index (χ0n) is 8.02. The van der Waals surface area contributed by atoms with Crippen LogP contribution in [0, 0.1) is 13.0 Å². The molecule has 1 aromatic carbocycles. The van der Waals surface area contributed by atoms with E-state index in [1.54, 1.807) is 0 Å². The summed E-state index contributed by atoms with van der Waals surface area (Å²) in [5.41, 5.74) is 2.70. The Hall–Kier alpha value is 0.313. The van der Waals surface area contributed by atoms with E-state index in [1.807, 2.05) is 0 Å². The summed E-state index contributed by atoms with van der Waals surface area (Å²) in [7, 11) is 0. The van der Waals surface area contributed by atoms with Crippen molar-refractivity contribution in [1.29, 1.82) is 0 Å². The first-order valence-corrected chi connectivity index (χ1v) is 3.88. The number of aryl methyl sites for hydroxylation is 2. The Morgan fingerprint density at radius 3 is 2.62 bits per heavy atom. The molecule has 0 heterocycles. The van der Waals surface area contributed by atoms with Crippen LogP contribution >= 0.6 is 0 Å². The van der Waals surface area contributed by atoms with Gasteiger partial charge in [-0.25, -0.2) is 0 Å². The number of hydrogen-bond acceptors (Lipinski definition) is 0. The Morgan fingerprint density at radius 2 is 2.08 bits per heavy atom. The molecule has 0 nitrogen and oxygen atoms in total. The molecule has 0 atom stereocenters. The average Bonchev–Trinajstić information content (AvgIpc) is 2.01. The van der Waals surface area contributed by atoms with Crippen molar-refractivity contribution in [2.45, 2.75) is 19.8 Å². The number of allylic oxidation sites excluding steroid dienone is 1. The molecule has 0 N–H and O–H groups in total. The monoisotopic (exact) mass is 336 g/mol. The van der Waals surface area contributed by atoms with Gasteiger partial charge in [-0.2, -0.15) is 0 Å². The van der Waals surface area contributed by atoms with Gasteiger partial charge in [-0.1, -0.05) is 42.5 Å². The molecule has 0 aromatic heterocycles. The first-order chi connectivity index (χ1) is 5.33. The number of benzene rings is 1. The van der Waals surface area contributed by atoms with E-state index < -0.39 is 0 Å². The molecule has 13 heavy (non-hydrogen) atoms. The van der Waals surface area contributed by atoms with Crippen molar-refractivity contribution < 1.29 is 43.5 Å². The van der Waals surface area contributed by atoms with Gasteiger partial charge >= 0.3 is 0 Å². The van der Waals surface area contributed by atoms with E-state index >= 15 is 0 Å². The fraction of sp³-hybridized carbons (Fsp3) is 0.273. The quantitative estimate of drug-likeness (QED) is 0.535. The summed E-state index contributed by atoms with van der Waals surface area (Å²) < 4.78 is 0. The summed E-state index contributed by atoms with van der Waals surface area (Å²) in [5.74, 6) is 0. The Kier molecular flexibility index (Phi) is 10.8. The van der Waals surface area contributed by atoms with E-state index in [9.17, 15) is 0 Å². The molecule has 0 saturated heterocycles. The van der Waals surface area contributed by atoms with E-state index in [2.05, 4.69) is 43.8 Å². The Labute approximate surface area is 111 Å². The molecular weight excluding hydrogens is 324 g/mol. The molecule has 0 amide bonds. The third-order valence-corrected chi connectivity index (χ3v) is 1.67. The topological polar surface area (TPSA) is 0 Å². The third-order valence-electron chi connectivity index (χ3n) is 1.67. The van der Waals surface area contributed by atoms with Gasteiger partial charge in [0.2, 0.25) is 0 Å². The molecule has 0 saturated carbocycles. The van der Waals surface area contributed by atoms with E-state index in [-0.39, 0.29) is 43.5 Å². The molecule has 2 heteroatoms. The third kappa shape index (κ3) is 6.39. The van der Waals surface area contributed by atoms with Crippen LogP contribution in [0.4, 0.5) is 0 Å². The number of rotatable bonds is 3. The van der Waals surface area contributed by atoms with Gasteiger partial charge in [-0.15, -0.1) is 0 Å². The predicted molar refractivity (Wildman–Crippen MR) is 48.4 cm³/mol. The van der Waals surface area contributed by atoms with Gasteiger partial charge < -0.3 is 24.0 Å². The van der Waals surface area contributed by atoms with Crippen LogP contribution in [0.15, 0.2) is 30.8 Å². The van der Waals surface area contributed by atoms with Crippen LogP contribution in [-0.4, -0.2) is 0 Å². The minimum absolute atomic E-state index is 0. The van der Waals surface area contributed by atoms with Gasteiger partial charge in [-0.3, -0.25) is 0 Å². The van der Waals surface area contributed by atoms with E-state index in [0.29, 0.717) is 0 Å². The summed E-state index contributed by atoms with van der Waals surface area (Å²) in [6, 6.07) is 8.55. The van der Waals surface area contributed by atoms with Crippen molar-refractivity contribution in [3.8, 4) is 0 Å². The predicted octanol–water partition coefficient (Wildman–Crippen LogP) is -0.0817. The smallest absolute Gasteiger partial charge is 0 e. The van der Waals surface area contributed by atoms with Crippen molar-refractivity contribution in [2.24, 2.45) is 0 Å². The summed E-state index contributed by atoms with van der Waals surface area (Å²) in [5, 5.41) is 0. The Bertz CT molecular complexity index is 246. The fourth-order valence-corrected chi connectivity index (χ4v) is 1.10. The SMILES string of the molecule is C=[C]CCc1cccc(C)c1.[I-].[Zn]. The van der Waals surface area contributed by atoms with Crippen molar-refractivity contribution in [3.63, 3.8) is 0 Å². The Balaban J connectivity index is 0. The molecule has 0 bridgehead atoms. The zero-order chi connectivity index (χ0) is 8.10. The van der Waals surface area contributed by atoms with Gasteiger partial charge in [0.25, 0.3) is 0 Å². The van der Waals surface area contributed by atoms with E-state index in [4.69, 9.17) is 0 Å². The zero-order valence-corrected chi connectivity index (χ0v) is 13.1. The molecule has 67 valence electrons. The second-order valence-corrected chi connectivity index (χ2v) is 2.74. The molecule has 1 radical (unpaired) electrons. The van der Waals surface area contributed by atoms with E-state index in [1.165, 1.54) is 11.1 Å². The van der Waals surface area contributed by atoms with Crippen LogP contribution in [0.25, 0.3) is 0 Å². The molecule has 0 spiro atoms. The van der Waals surface area contributed by atoms with Crippen LogP contribution in [0.5, 0.6) is 0 Å². The van der Waals surface area contributed by atoms with Gasteiger partial charge in [0.15, 0.2) is 0 Å². The molecule has 0 aliphatic rings. The number of halogens is 1. The first kappa shape index (κ1) is 15.8. The fourth-order valence-electron chi connectivity index (χ4n) is 1.10. The maximum atomic E-state index is 3.57. The number of hydrogen-bond donors (Lipinski definition) is 0. The molecule has 1 aromatic rings. The Morgan fingerprint density at radius 1 is 1.38 bits per heavy atom. The second-order valence-electron chi connectivity index (χ2n) is 2.74. The standard InChI is InChI=1S/C11H13.HI.Zn/c1-3-4-7-11-8-5-6-10(2)9-11;;/h5-6,8-9H,1,4,7H2,2H3;1H;/p-1. The summed E-state index contributed by atoms with van der Waals surface area (Å²) in [6.07, 6.45) is 4.89. The minimum atomic E-state index is 0. The van der Waals surface area contributed by atoms with Crippen LogP contribution in [0.1, 0.15) is 17.5 Å². The molecular formula is C11H13IZn-. The van der Waals surface area contributed by atoms with Crippen LogP contribution in [0.2, 0.25) is 0 Å². The molecule has 0 aliphatic heterocycles. The van der Waals surface area contributed by atoms with Crippen molar-refractivity contribution in [2.75, 3.05) is 0 Å². The summed E-state index contributed by atoms with van der Waals surface area (Å²) >= 11 is 0. The second kappa shape index (κ2) is 8.89. The van der Waals surface area contributed by atoms with Gasteiger partial charge in [0.1, 0.15) is 0 Å². The largest absolute Gasteiger partial charge is 1.00 e. The molecule has 0 fully saturated rings. The van der Waals surface area contributed by atoms with E-state index in [0.717, 1.165) is 12.8 Å². The van der Waals surface area contributed by atoms with Crippen molar-refractivity contribution in [1.82, 2.24) is 0 Å². The van der Waals surface area contributed by atoms with Gasteiger partial charge in [0, 0.05) is 19.5 Å². The van der Waals surface area contributed by atoms with Gasteiger partial charge in [-0.05, 0) is 25.3 Å². The van der Waals surface area contributed by atoms with Crippen LogP contribution in [-0.2, 0) is 25.9 Å². The summed E-state index contributed by atoms with van der Waals surface area (Å²) in [6.45, 7) is 5.69. The summed E-state index contributed by atoms with van der Waals surface area (Å²) in [4.78, 5) is 0.